The number of rotatable bonds is 12. The van der Waals surface area contributed by atoms with Gasteiger partial charge in [-0.25, -0.2) is 4.79 Å². The summed E-state index contributed by atoms with van der Waals surface area (Å²) in [7, 11) is 4.21. The SMILES string of the molecule is COC(=O)[C@H](Cc1ccccc1)NC(=O)C1(NC(=O)[C@H](CCSC)NC=O)CSSC1. The summed E-state index contributed by atoms with van der Waals surface area (Å²) in [5, 5.41) is 8.13. The van der Waals surface area contributed by atoms with E-state index < -0.39 is 35.4 Å². The molecular weight excluding hydrogens is 458 g/mol. The third-order valence-corrected chi connectivity index (χ3v) is 8.00. The van der Waals surface area contributed by atoms with Gasteiger partial charge in [0.15, 0.2) is 0 Å². The second kappa shape index (κ2) is 12.9. The van der Waals surface area contributed by atoms with Crippen LogP contribution in [-0.2, 0) is 30.3 Å². The van der Waals surface area contributed by atoms with Crippen molar-refractivity contribution >= 4 is 57.5 Å². The third-order valence-electron chi connectivity index (χ3n) is 4.76. The molecule has 1 aromatic rings. The van der Waals surface area contributed by atoms with Crippen LogP contribution >= 0.6 is 33.3 Å². The zero-order valence-electron chi connectivity index (χ0n) is 17.4. The molecule has 3 N–H and O–H groups in total. The van der Waals surface area contributed by atoms with Crippen LogP contribution in [0.1, 0.15) is 12.0 Å². The van der Waals surface area contributed by atoms with Gasteiger partial charge in [-0.2, -0.15) is 11.8 Å². The number of methoxy groups -OCH3 is 1. The highest BCUT2D eigenvalue weighted by molar-refractivity contribution is 8.77. The largest absolute Gasteiger partial charge is 0.467 e. The van der Waals surface area contributed by atoms with Gasteiger partial charge in [-0.1, -0.05) is 51.9 Å². The standard InChI is InChI=1S/C20H27N3O5S3/c1-28-18(26)16(10-14-6-4-3-5-7-14)22-19(27)20(11-30-31-12-20)23-17(25)15(21-13-24)8-9-29-2/h3-7,13,15-16H,8-12H2,1-2H3,(H,21,24)(H,22,27)(H,23,25)/t15-,16-/m0/s1. The van der Waals surface area contributed by atoms with Crippen LogP contribution in [0, 0.1) is 0 Å². The number of ether oxygens (including phenoxy) is 1. The number of esters is 1. The number of benzene rings is 1. The van der Waals surface area contributed by atoms with Crippen LogP contribution in [0.15, 0.2) is 30.3 Å². The van der Waals surface area contributed by atoms with E-state index in [-0.39, 0.29) is 6.42 Å². The third kappa shape index (κ3) is 7.36. The highest BCUT2D eigenvalue weighted by Crippen LogP contribution is 2.38. The van der Waals surface area contributed by atoms with E-state index in [0.717, 1.165) is 5.56 Å². The van der Waals surface area contributed by atoms with Gasteiger partial charge >= 0.3 is 5.97 Å². The van der Waals surface area contributed by atoms with Crippen LogP contribution in [0.5, 0.6) is 0 Å². The average molecular weight is 486 g/mol. The Morgan fingerprint density at radius 3 is 2.45 bits per heavy atom. The first-order chi connectivity index (χ1) is 15.0. The molecular formula is C20H27N3O5S3. The van der Waals surface area contributed by atoms with Crippen molar-refractivity contribution in [2.75, 3.05) is 30.6 Å². The molecule has 170 valence electrons. The molecule has 0 aliphatic carbocycles. The Morgan fingerprint density at radius 2 is 1.87 bits per heavy atom. The molecule has 0 bridgehead atoms. The number of carbonyl (C=O) groups excluding carboxylic acids is 4. The number of thioether (sulfide) groups is 1. The van der Waals surface area contributed by atoms with Crippen molar-refractivity contribution in [2.45, 2.75) is 30.5 Å². The molecule has 1 heterocycles. The number of hydrogen-bond acceptors (Lipinski definition) is 8. The first kappa shape index (κ1) is 25.4. The van der Waals surface area contributed by atoms with Gasteiger partial charge in [0.2, 0.25) is 18.2 Å². The van der Waals surface area contributed by atoms with E-state index in [4.69, 9.17) is 4.74 Å². The number of carbonyl (C=O) groups is 4. The lowest BCUT2D eigenvalue weighted by atomic mass is 10.00. The predicted octanol–water partition coefficient (Wildman–Crippen LogP) is 1.00. The summed E-state index contributed by atoms with van der Waals surface area (Å²) in [5.74, 6) is -0.0347. The minimum atomic E-state index is -1.18. The number of nitrogens with one attached hydrogen (secondary N) is 3. The zero-order valence-corrected chi connectivity index (χ0v) is 19.9. The second-order valence-electron chi connectivity index (χ2n) is 6.95. The van der Waals surface area contributed by atoms with E-state index in [1.807, 2.05) is 36.6 Å². The van der Waals surface area contributed by atoms with Gasteiger partial charge in [0.1, 0.15) is 17.6 Å². The van der Waals surface area contributed by atoms with Crippen LogP contribution in [0.25, 0.3) is 0 Å². The molecule has 2 atom stereocenters. The molecule has 2 rings (SSSR count). The highest BCUT2D eigenvalue weighted by atomic mass is 33.1. The summed E-state index contributed by atoms with van der Waals surface area (Å²) in [6.45, 7) is 0. The van der Waals surface area contributed by atoms with Crippen molar-refractivity contribution in [3.8, 4) is 0 Å². The van der Waals surface area contributed by atoms with Crippen LogP contribution in [0.2, 0.25) is 0 Å². The summed E-state index contributed by atoms with van der Waals surface area (Å²) in [6, 6.07) is 7.69. The van der Waals surface area contributed by atoms with Crippen LogP contribution < -0.4 is 16.0 Å². The summed E-state index contributed by atoms with van der Waals surface area (Å²) in [6.07, 6.45) is 3.12. The molecule has 0 saturated carbocycles. The maximum absolute atomic E-state index is 13.3. The van der Waals surface area contributed by atoms with Crippen LogP contribution in [0.3, 0.4) is 0 Å². The van der Waals surface area contributed by atoms with Crippen molar-refractivity contribution < 1.29 is 23.9 Å². The fraction of sp³-hybridized carbons (Fsp3) is 0.500. The van der Waals surface area contributed by atoms with Gasteiger partial charge in [0, 0.05) is 17.9 Å². The van der Waals surface area contributed by atoms with E-state index in [9.17, 15) is 19.2 Å². The summed E-state index contributed by atoms with van der Waals surface area (Å²) in [5.41, 5.74) is -0.309. The Kier molecular flexibility index (Phi) is 10.6. The highest BCUT2D eigenvalue weighted by Gasteiger charge is 2.46. The van der Waals surface area contributed by atoms with E-state index in [1.165, 1.54) is 28.7 Å². The quantitative estimate of drug-likeness (QED) is 0.228. The summed E-state index contributed by atoms with van der Waals surface area (Å²) >= 11 is 1.56. The molecule has 11 heteroatoms. The van der Waals surface area contributed by atoms with Gasteiger partial charge in [-0.3, -0.25) is 14.4 Å². The van der Waals surface area contributed by atoms with E-state index in [0.29, 0.717) is 30.1 Å². The molecule has 0 unspecified atom stereocenters. The van der Waals surface area contributed by atoms with Crippen molar-refractivity contribution in [3.05, 3.63) is 35.9 Å². The van der Waals surface area contributed by atoms with Gasteiger partial charge in [-0.05, 0) is 24.0 Å². The smallest absolute Gasteiger partial charge is 0.328 e. The lowest BCUT2D eigenvalue weighted by molar-refractivity contribution is -0.146. The predicted molar refractivity (Wildman–Crippen MR) is 126 cm³/mol. The Morgan fingerprint density at radius 1 is 1.19 bits per heavy atom. The zero-order chi connectivity index (χ0) is 22.7. The lowest BCUT2D eigenvalue weighted by Gasteiger charge is -2.31. The van der Waals surface area contributed by atoms with Gasteiger partial charge < -0.3 is 20.7 Å². The summed E-state index contributed by atoms with van der Waals surface area (Å²) < 4.78 is 4.87. The molecule has 0 radical (unpaired) electrons. The first-order valence-electron chi connectivity index (χ1n) is 9.63. The normalized spacial score (nSPS) is 16.6. The fourth-order valence-corrected chi connectivity index (χ4v) is 6.49. The minimum absolute atomic E-state index is 0.270. The molecule has 1 saturated heterocycles. The van der Waals surface area contributed by atoms with Crippen molar-refractivity contribution in [3.63, 3.8) is 0 Å². The second-order valence-corrected chi connectivity index (χ2v) is 10.4. The van der Waals surface area contributed by atoms with Gasteiger partial charge in [0.05, 0.1) is 7.11 Å². The molecule has 1 fully saturated rings. The Bertz CT molecular complexity index is 760. The van der Waals surface area contributed by atoms with Gasteiger partial charge in [-0.15, -0.1) is 0 Å². The van der Waals surface area contributed by atoms with E-state index >= 15 is 0 Å². The Balaban J connectivity index is 2.15. The molecule has 1 aliphatic heterocycles. The Labute approximate surface area is 194 Å². The number of hydrogen-bond donors (Lipinski definition) is 3. The van der Waals surface area contributed by atoms with Crippen molar-refractivity contribution in [1.82, 2.24) is 16.0 Å². The maximum atomic E-state index is 13.3. The summed E-state index contributed by atoms with van der Waals surface area (Å²) in [4.78, 5) is 49.3. The lowest BCUT2D eigenvalue weighted by Crippen LogP contribution is -2.65. The molecule has 31 heavy (non-hydrogen) atoms. The van der Waals surface area contributed by atoms with Crippen molar-refractivity contribution in [1.29, 1.82) is 0 Å². The van der Waals surface area contributed by atoms with Gasteiger partial charge in [0.25, 0.3) is 0 Å². The van der Waals surface area contributed by atoms with E-state index in [2.05, 4.69) is 16.0 Å². The number of amides is 3. The van der Waals surface area contributed by atoms with E-state index in [1.54, 1.807) is 11.8 Å². The molecule has 1 aromatic carbocycles. The van der Waals surface area contributed by atoms with Crippen LogP contribution in [0.4, 0.5) is 0 Å². The molecule has 0 spiro atoms. The fourth-order valence-electron chi connectivity index (χ4n) is 3.00. The van der Waals surface area contributed by atoms with Crippen molar-refractivity contribution in [2.24, 2.45) is 0 Å². The Hall–Kier alpha value is -1.85. The molecule has 8 nitrogen and oxygen atoms in total. The first-order valence-corrected chi connectivity index (χ1v) is 13.5. The monoisotopic (exact) mass is 485 g/mol. The minimum Gasteiger partial charge on any atom is -0.467 e. The maximum Gasteiger partial charge on any atom is 0.328 e. The topological polar surface area (TPSA) is 114 Å². The van der Waals surface area contributed by atoms with Crippen LogP contribution in [-0.4, -0.2) is 72.4 Å². The molecule has 1 aliphatic rings. The average Bonchev–Trinajstić information content (AvgIpc) is 3.26. The molecule has 0 aromatic heterocycles. The molecule has 3 amide bonds.